The number of hydrogen-bond acceptors (Lipinski definition) is 4. The number of ether oxygens (including phenoxy) is 1. The van der Waals surface area contributed by atoms with Gasteiger partial charge in [-0.1, -0.05) is 12.8 Å². The summed E-state index contributed by atoms with van der Waals surface area (Å²) >= 11 is 2.98. The van der Waals surface area contributed by atoms with Crippen molar-refractivity contribution in [1.82, 2.24) is 0 Å². The Morgan fingerprint density at radius 3 is 2.56 bits per heavy atom. The molecule has 0 N–H and O–H groups in total. The maximum atomic E-state index is 11.0. The van der Waals surface area contributed by atoms with Gasteiger partial charge in [-0.2, -0.15) is 0 Å². The average Bonchev–Trinajstić information content (AvgIpc) is 2.23. The minimum atomic E-state index is -0.641. The molecule has 0 spiro atoms. The number of nitro groups is 1. The summed E-state index contributed by atoms with van der Waals surface area (Å²) in [4.78, 5) is 20.3. The van der Waals surface area contributed by atoms with Gasteiger partial charge in [0.25, 0.3) is 4.95 Å². The zero-order valence-corrected chi connectivity index (χ0v) is 11.1. The van der Waals surface area contributed by atoms with Crippen LogP contribution in [0.2, 0.25) is 0 Å². The van der Waals surface area contributed by atoms with Crippen LogP contribution < -0.4 is 0 Å². The van der Waals surface area contributed by atoms with Crippen LogP contribution in [0.25, 0.3) is 0 Å². The van der Waals surface area contributed by atoms with Crippen molar-refractivity contribution in [3.05, 3.63) is 10.1 Å². The molecule has 0 amide bonds. The van der Waals surface area contributed by atoms with Gasteiger partial charge in [0.15, 0.2) is 0 Å². The van der Waals surface area contributed by atoms with Gasteiger partial charge in [-0.05, 0) is 35.7 Å². The minimum absolute atomic E-state index is 0.161. The molecule has 0 aliphatic carbocycles. The second kappa shape index (κ2) is 9.57. The second-order valence-electron chi connectivity index (χ2n) is 3.48. The van der Waals surface area contributed by atoms with E-state index in [2.05, 4.69) is 15.9 Å². The molecule has 0 heterocycles. The lowest BCUT2D eigenvalue weighted by atomic mass is 10.1. The largest absolute Gasteiger partial charge is 0.466 e. The first kappa shape index (κ1) is 15.3. The molecule has 6 heteroatoms. The third-order valence-corrected chi connectivity index (χ3v) is 2.90. The molecule has 0 aliphatic rings. The van der Waals surface area contributed by atoms with Crippen LogP contribution in [0, 0.1) is 10.1 Å². The van der Waals surface area contributed by atoms with E-state index in [-0.39, 0.29) is 10.9 Å². The van der Waals surface area contributed by atoms with Crippen LogP contribution in [0.15, 0.2) is 0 Å². The summed E-state index contributed by atoms with van der Waals surface area (Å²) in [6.07, 6.45) is 4.41. The number of halogens is 1. The van der Waals surface area contributed by atoms with Gasteiger partial charge < -0.3 is 4.74 Å². The van der Waals surface area contributed by atoms with Crippen LogP contribution in [0.4, 0.5) is 0 Å². The maximum Gasteiger partial charge on any atom is 0.305 e. The van der Waals surface area contributed by atoms with E-state index >= 15 is 0 Å². The van der Waals surface area contributed by atoms with Crippen molar-refractivity contribution < 1.29 is 14.5 Å². The van der Waals surface area contributed by atoms with Gasteiger partial charge in [-0.15, -0.1) is 0 Å². The molecule has 0 unspecified atom stereocenters. The molecule has 94 valence electrons. The number of carbonyl (C=O) groups excluding carboxylic acids is 1. The molecular weight excluding hydrogens is 278 g/mol. The molecule has 0 bridgehead atoms. The molecule has 0 aromatic carbocycles. The number of esters is 1. The van der Waals surface area contributed by atoms with Crippen molar-refractivity contribution in [3.8, 4) is 0 Å². The Bertz CT molecular complexity index is 223. The maximum absolute atomic E-state index is 11.0. The molecule has 0 saturated carbocycles. The third-order valence-electron chi connectivity index (χ3n) is 2.11. The number of rotatable bonds is 9. The zero-order chi connectivity index (χ0) is 12.4. The van der Waals surface area contributed by atoms with Gasteiger partial charge >= 0.3 is 5.97 Å². The fourth-order valence-corrected chi connectivity index (χ4v) is 1.60. The molecule has 0 aromatic rings. The van der Waals surface area contributed by atoms with E-state index < -0.39 is 4.95 Å². The standard InChI is InChI=1S/C10H18BrNO4/c1-2-16-10(13)8-6-4-3-5-7-9(11)12(14)15/h9H,2-8H2,1H3/t9-/m1/s1. The lowest BCUT2D eigenvalue weighted by Crippen LogP contribution is -2.10. The first-order chi connectivity index (χ1) is 7.57. The highest BCUT2D eigenvalue weighted by molar-refractivity contribution is 9.09. The fourth-order valence-electron chi connectivity index (χ4n) is 1.27. The quantitative estimate of drug-likeness (QED) is 0.164. The summed E-state index contributed by atoms with van der Waals surface area (Å²) in [7, 11) is 0. The molecule has 0 fully saturated rings. The Labute approximate surface area is 104 Å². The smallest absolute Gasteiger partial charge is 0.305 e. The summed E-state index contributed by atoms with van der Waals surface area (Å²) in [5, 5.41) is 10.3. The number of nitrogens with zero attached hydrogens (tertiary/aromatic N) is 1. The lowest BCUT2D eigenvalue weighted by Gasteiger charge is -2.03. The first-order valence-electron chi connectivity index (χ1n) is 5.51. The summed E-state index contributed by atoms with van der Waals surface area (Å²) in [5.74, 6) is -0.161. The first-order valence-corrected chi connectivity index (χ1v) is 6.42. The monoisotopic (exact) mass is 295 g/mol. The third kappa shape index (κ3) is 8.64. The molecule has 0 aromatic heterocycles. The van der Waals surface area contributed by atoms with Crippen molar-refractivity contribution in [2.45, 2.75) is 50.4 Å². The van der Waals surface area contributed by atoms with Crippen LogP contribution in [0.5, 0.6) is 0 Å². The summed E-state index contributed by atoms with van der Waals surface area (Å²) < 4.78 is 4.78. The Kier molecular flexibility index (Phi) is 9.18. The van der Waals surface area contributed by atoms with E-state index in [0.717, 1.165) is 25.7 Å². The highest BCUT2D eigenvalue weighted by Gasteiger charge is 2.13. The van der Waals surface area contributed by atoms with E-state index in [1.807, 2.05) is 0 Å². The predicted molar refractivity (Wildman–Crippen MR) is 64.0 cm³/mol. The Balaban J connectivity index is 3.27. The topological polar surface area (TPSA) is 69.4 Å². The number of unbranched alkanes of at least 4 members (excludes halogenated alkanes) is 3. The fraction of sp³-hybridized carbons (Fsp3) is 0.900. The van der Waals surface area contributed by atoms with Crippen LogP contribution in [-0.4, -0.2) is 22.5 Å². The molecule has 0 aliphatic heterocycles. The van der Waals surface area contributed by atoms with Crippen LogP contribution in [-0.2, 0) is 9.53 Å². The van der Waals surface area contributed by atoms with E-state index in [9.17, 15) is 14.9 Å². The summed E-state index contributed by atoms with van der Waals surface area (Å²) in [6, 6.07) is 0. The second-order valence-corrected chi connectivity index (χ2v) is 4.53. The van der Waals surface area contributed by atoms with Crippen LogP contribution in [0.3, 0.4) is 0 Å². The van der Waals surface area contributed by atoms with Gasteiger partial charge in [-0.25, -0.2) is 0 Å². The van der Waals surface area contributed by atoms with Crippen molar-refractivity contribution in [2.75, 3.05) is 6.61 Å². The van der Waals surface area contributed by atoms with Crippen LogP contribution >= 0.6 is 15.9 Å². The van der Waals surface area contributed by atoms with Crippen molar-refractivity contribution >= 4 is 21.9 Å². The average molecular weight is 296 g/mol. The van der Waals surface area contributed by atoms with E-state index in [4.69, 9.17) is 4.74 Å². The van der Waals surface area contributed by atoms with Crippen LogP contribution in [0.1, 0.15) is 45.4 Å². The Morgan fingerprint density at radius 2 is 2.00 bits per heavy atom. The Hall–Kier alpha value is -0.650. The highest BCUT2D eigenvalue weighted by Crippen LogP contribution is 2.13. The molecule has 0 rings (SSSR count). The highest BCUT2D eigenvalue weighted by atomic mass is 79.9. The molecule has 16 heavy (non-hydrogen) atoms. The van der Waals surface area contributed by atoms with E-state index in [1.165, 1.54) is 0 Å². The van der Waals surface area contributed by atoms with Gasteiger partial charge in [-0.3, -0.25) is 14.9 Å². The van der Waals surface area contributed by atoms with Gasteiger partial charge in [0.2, 0.25) is 0 Å². The van der Waals surface area contributed by atoms with Crippen molar-refractivity contribution in [3.63, 3.8) is 0 Å². The minimum Gasteiger partial charge on any atom is -0.466 e. The molecule has 5 nitrogen and oxygen atoms in total. The van der Waals surface area contributed by atoms with Crippen molar-refractivity contribution in [2.24, 2.45) is 0 Å². The number of alkyl halides is 1. The zero-order valence-electron chi connectivity index (χ0n) is 9.49. The summed E-state index contributed by atoms with van der Waals surface area (Å²) in [6.45, 7) is 2.21. The lowest BCUT2D eigenvalue weighted by molar-refractivity contribution is -0.493. The number of carbonyl (C=O) groups is 1. The molecule has 0 radical (unpaired) electrons. The molecular formula is C10H18BrNO4. The SMILES string of the molecule is CCOC(=O)CCCCCC[C@H](Br)[N+](=O)[O-]. The van der Waals surface area contributed by atoms with Gasteiger partial charge in [0.1, 0.15) is 0 Å². The molecule has 0 saturated heterocycles. The number of hydrogen-bond donors (Lipinski definition) is 0. The van der Waals surface area contributed by atoms with Gasteiger partial charge in [0.05, 0.1) is 6.61 Å². The van der Waals surface area contributed by atoms with Gasteiger partial charge in [0, 0.05) is 17.8 Å². The predicted octanol–water partition coefficient (Wildman–Crippen LogP) is 2.89. The normalized spacial score (nSPS) is 12.1. The molecule has 1 atom stereocenters. The summed E-state index contributed by atoms with van der Waals surface area (Å²) in [5.41, 5.74) is 0. The van der Waals surface area contributed by atoms with E-state index in [1.54, 1.807) is 6.92 Å². The van der Waals surface area contributed by atoms with E-state index in [0.29, 0.717) is 19.4 Å². The Morgan fingerprint density at radius 1 is 1.38 bits per heavy atom. The van der Waals surface area contributed by atoms with Crippen molar-refractivity contribution in [1.29, 1.82) is 0 Å².